The smallest absolute Gasteiger partial charge is 0.383 e. The fraction of sp³-hybridized carbons (Fsp3) is 0.600. The van der Waals surface area contributed by atoms with Gasteiger partial charge in [-0.1, -0.05) is 6.08 Å². The Morgan fingerprint density at radius 1 is 1.88 bits per heavy atom. The van der Waals surface area contributed by atoms with E-state index in [0.29, 0.717) is 0 Å². The van der Waals surface area contributed by atoms with Gasteiger partial charge in [0.05, 0.1) is 0 Å². The van der Waals surface area contributed by atoms with Crippen LogP contribution in [0.25, 0.3) is 0 Å². The highest BCUT2D eigenvalue weighted by Crippen LogP contribution is 1.96. The Labute approximate surface area is 50.0 Å². The molecule has 1 aliphatic heterocycles. The molecule has 1 saturated heterocycles. The molecule has 0 bridgehead atoms. The first-order valence-electron chi connectivity index (χ1n) is 2.89. The number of hydrogen-bond donors (Lipinski definition) is 1. The van der Waals surface area contributed by atoms with E-state index in [0.717, 1.165) is 19.5 Å². The van der Waals surface area contributed by atoms with Crippen molar-refractivity contribution >= 4 is 7.05 Å². The molecule has 0 radical (unpaired) electrons. The third kappa shape index (κ3) is 1.35. The van der Waals surface area contributed by atoms with E-state index in [1.54, 1.807) is 0 Å². The summed E-state index contributed by atoms with van der Waals surface area (Å²) >= 11 is 0. The van der Waals surface area contributed by atoms with Gasteiger partial charge in [-0.2, -0.15) is 0 Å². The van der Waals surface area contributed by atoms with Crippen molar-refractivity contribution in [1.29, 1.82) is 0 Å². The lowest BCUT2D eigenvalue weighted by Gasteiger charge is -1.96. The molecule has 0 aromatic heterocycles. The average Bonchev–Trinajstić information content (AvgIpc) is 2.19. The topological polar surface area (TPSA) is 21.3 Å². The van der Waals surface area contributed by atoms with Gasteiger partial charge < -0.3 is 9.88 Å². The molecule has 0 aromatic rings. The molecule has 1 fully saturated rings. The minimum atomic E-state index is 0.243. The Morgan fingerprint density at radius 2 is 2.75 bits per heavy atom. The lowest BCUT2D eigenvalue weighted by Crippen LogP contribution is -2.26. The summed E-state index contributed by atoms with van der Waals surface area (Å²) in [5, 5.41) is 3.16. The minimum absolute atomic E-state index is 0.243. The highest BCUT2D eigenvalue weighted by Gasteiger charge is 2.17. The van der Waals surface area contributed by atoms with Crippen LogP contribution in [0.3, 0.4) is 0 Å². The maximum Gasteiger partial charge on any atom is 0.383 e. The Hall–Kier alpha value is -0.275. The summed E-state index contributed by atoms with van der Waals surface area (Å²) in [5.41, 5.74) is 0. The fourth-order valence-corrected chi connectivity index (χ4v) is 0.783. The van der Waals surface area contributed by atoms with Crippen molar-refractivity contribution in [1.82, 2.24) is 5.23 Å². The normalized spacial score (nSPS) is 19.2. The molecule has 0 spiro atoms. The van der Waals surface area contributed by atoms with Gasteiger partial charge in [-0.15, -0.1) is 6.58 Å². The second-order valence-electron chi connectivity index (χ2n) is 1.84. The van der Waals surface area contributed by atoms with Crippen LogP contribution in [0.5, 0.6) is 0 Å². The zero-order chi connectivity index (χ0) is 5.82. The van der Waals surface area contributed by atoms with Crippen molar-refractivity contribution in [2.45, 2.75) is 6.32 Å². The molecule has 1 aliphatic rings. The summed E-state index contributed by atoms with van der Waals surface area (Å²) in [6.45, 7) is 5.43. The maximum atomic E-state index is 5.21. The number of nitrogens with one attached hydrogen (secondary N) is 1. The minimum Gasteiger partial charge on any atom is -0.420 e. The van der Waals surface area contributed by atoms with E-state index in [1.807, 2.05) is 6.08 Å². The van der Waals surface area contributed by atoms with E-state index in [4.69, 9.17) is 4.65 Å². The summed E-state index contributed by atoms with van der Waals surface area (Å²) in [6, 6.07) is 0. The first-order valence-corrected chi connectivity index (χ1v) is 2.89. The molecule has 0 unspecified atom stereocenters. The van der Waals surface area contributed by atoms with Gasteiger partial charge in [-0.05, 0) is 6.32 Å². The molecule has 2 nitrogen and oxygen atoms in total. The molecule has 0 amide bonds. The number of hydrogen-bond acceptors (Lipinski definition) is 2. The van der Waals surface area contributed by atoms with Gasteiger partial charge >= 0.3 is 7.05 Å². The van der Waals surface area contributed by atoms with Crippen LogP contribution in [0, 0.1) is 0 Å². The van der Waals surface area contributed by atoms with Crippen molar-refractivity contribution in [2.75, 3.05) is 13.2 Å². The van der Waals surface area contributed by atoms with Crippen LogP contribution in [0.15, 0.2) is 12.7 Å². The molecule has 0 aliphatic carbocycles. The van der Waals surface area contributed by atoms with Crippen molar-refractivity contribution in [2.24, 2.45) is 0 Å². The first-order chi connectivity index (χ1) is 3.93. The van der Waals surface area contributed by atoms with Crippen LogP contribution in [0.1, 0.15) is 0 Å². The van der Waals surface area contributed by atoms with Crippen LogP contribution in [-0.4, -0.2) is 20.2 Å². The Bertz CT molecular complexity index is 80.5. The van der Waals surface area contributed by atoms with Gasteiger partial charge in [0.2, 0.25) is 0 Å². The summed E-state index contributed by atoms with van der Waals surface area (Å²) < 4.78 is 5.21. The maximum absolute atomic E-state index is 5.21. The standard InChI is InChI=1S/C5H10BNO/c1-2-3-6-7-4-5-8-6/h2,7H,1,3-5H2. The molecular weight excluding hydrogens is 101 g/mol. The third-order valence-corrected chi connectivity index (χ3v) is 1.17. The third-order valence-electron chi connectivity index (χ3n) is 1.17. The molecule has 0 aromatic carbocycles. The van der Waals surface area contributed by atoms with Gasteiger partial charge in [0.15, 0.2) is 0 Å². The molecule has 0 saturated carbocycles. The van der Waals surface area contributed by atoms with E-state index >= 15 is 0 Å². The van der Waals surface area contributed by atoms with Crippen molar-refractivity contribution in [3.8, 4) is 0 Å². The quantitative estimate of drug-likeness (QED) is 0.408. The van der Waals surface area contributed by atoms with E-state index < -0.39 is 0 Å². The number of allylic oxidation sites excluding steroid dienone is 1. The predicted octanol–water partition coefficient (Wildman–Crippen LogP) is 0.280. The summed E-state index contributed by atoms with van der Waals surface area (Å²) in [6.07, 6.45) is 2.78. The van der Waals surface area contributed by atoms with Gasteiger partial charge in [0, 0.05) is 13.2 Å². The molecule has 3 heteroatoms. The molecule has 0 atom stereocenters. The van der Waals surface area contributed by atoms with E-state index in [-0.39, 0.29) is 7.05 Å². The van der Waals surface area contributed by atoms with Crippen LogP contribution < -0.4 is 5.23 Å². The van der Waals surface area contributed by atoms with Crippen LogP contribution >= 0.6 is 0 Å². The van der Waals surface area contributed by atoms with E-state index in [1.165, 1.54) is 0 Å². The van der Waals surface area contributed by atoms with Gasteiger partial charge in [0.25, 0.3) is 0 Å². The SMILES string of the molecule is C=CCB1NCCO1. The Morgan fingerprint density at radius 3 is 3.25 bits per heavy atom. The van der Waals surface area contributed by atoms with Crippen LogP contribution in [-0.2, 0) is 4.65 Å². The average molecular weight is 111 g/mol. The molecular formula is C5H10BNO. The summed E-state index contributed by atoms with van der Waals surface area (Å²) in [7, 11) is 0.243. The lowest BCUT2D eigenvalue weighted by molar-refractivity contribution is 0.371. The van der Waals surface area contributed by atoms with Crippen LogP contribution in [0.4, 0.5) is 0 Å². The molecule has 1 rings (SSSR count). The zero-order valence-electron chi connectivity index (χ0n) is 4.89. The largest absolute Gasteiger partial charge is 0.420 e. The van der Waals surface area contributed by atoms with Crippen molar-refractivity contribution in [3.63, 3.8) is 0 Å². The monoisotopic (exact) mass is 111 g/mol. The first kappa shape index (κ1) is 5.85. The highest BCUT2D eigenvalue weighted by molar-refractivity contribution is 6.50. The zero-order valence-corrected chi connectivity index (χ0v) is 4.89. The number of rotatable bonds is 2. The Balaban J connectivity index is 2.14. The van der Waals surface area contributed by atoms with Crippen molar-refractivity contribution < 1.29 is 4.65 Å². The summed E-state index contributed by atoms with van der Waals surface area (Å²) in [4.78, 5) is 0. The van der Waals surface area contributed by atoms with E-state index in [2.05, 4.69) is 11.8 Å². The second-order valence-corrected chi connectivity index (χ2v) is 1.84. The van der Waals surface area contributed by atoms with Crippen LogP contribution in [0.2, 0.25) is 6.32 Å². The molecule has 44 valence electrons. The predicted molar refractivity (Wildman–Crippen MR) is 34.7 cm³/mol. The van der Waals surface area contributed by atoms with Crippen molar-refractivity contribution in [3.05, 3.63) is 12.7 Å². The van der Waals surface area contributed by atoms with Gasteiger partial charge in [-0.25, -0.2) is 0 Å². The molecule has 1 N–H and O–H groups in total. The van der Waals surface area contributed by atoms with E-state index in [9.17, 15) is 0 Å². The fourth-order valence-electron chi connectivity index (χ4n) is 0.783. The second kappa shape index (κ2) is 2.90. The Kier molecular flexibility index (Phi) is 2.12. The highest BCUT2D eigenvalue weighted by atomic mass is 16.5. The van der Waals surface area contributed by atoms with Gasteiger partial charge in [0.1, 0.15) is 0 Å². The van der Waals surface area contributed by atoms with Gasteiger partial charge in [-0.3, -0.25) is 0 Å². The molecule has 1 heterocycles. The lowest BCUT2D eigenvalue weighted by atomic mass is 9.80. The summed E-state index contributed by atoms with van der Waals surface area (Å²) in [5.74, 6) is 0. The molecule has 8 heavy (non-hydrogen) atoms.